The predicted octanol–water partition coefficient (Wildman–Crippen LogP) is 2.34. The van der Waals surface area contributed by atoms with Crippen molar-refractivity contribution in [2.45, 2.75) is 6.92 Å². The lowest BCUT2D eigenvalue weighted by molar-refractivity contribution is -0.126. The predicted molar refractivity (Wildman–Crippen MR) is 115 cm³/mol. The van der Waals surface area contributed by atoms with Crippen molar-refractivity contribution < 1.29 is 9.53 Å². The molecule has 1 saturated heterocycles. The number of benzene rings is 1. The minimum atomic E-state index is 0.0153. The van der Waals surface area contributed by atoms with E-state index in [0.717, 1.165) is 36.0 Å². The molecule has 0 bridgehead atoms. The van der Waals surface area contributed by atoms with Crippen LogP contribution < -0.4 is 9.64 Å². The van der Waals surface area contributed by atoms with Gasteiger partial charge in [-0.15, -0.1) is 0 Å². The molecule has 8 heteroatoms. The van der Waals surface area contributed by atoms with Crippen molar-refractivity contribution in [2.75, 3.05) is 38.2 Å². The van der Waals surface area contributed by atoms with E-state index in [1.54, 1.807) is 24.1 Å². The van der Waals surface area contributed by atoms with Crippen LogP contribution in [0.2, 0.25) is 0 Å². The van der Waals surface area contributed by atoms with Gasteiger partial charge in [-0.2, -0.15) is 5.10 Å². The molecule has 0 atom stereocenters. The smallest absolute Gasteiger partial charge is 0.246 e. The van der Waals surface area contributed by atoms with Crippen LogP contribution in [-0.4, -0.2) is 63.8 Å². The number of methoxy groups -OCH3 is 1. The number of anilines is 1. The fourth-order valence-corrected chi connectivity index (χ4v) is 3.36. The van der Waals surface area contributed by atoms with Gasteiger partial charge in [0.2, 0.25) is 5.91 Å². The quantitative estimate of drug-likeness (QED) is 0.608. The van der Waals surface area contributed by atoms with E-state index in [1.165, 1.54) is 0 Å². The molecule has 30 heavy (non-hydrogen) atoms. The molecule has 0 spiro atoms. The van der Waals surface area contributed by atoms with E-state index < -0.39 is 0 Å². The summed E-state index contributed by atoms with van der Waals surface area (Å²) in [7, 11) is 1.63. The fraction of sp³-hybridized carbons (Fsp3) is 0.273. The zero-order valence-corrected chi connectivity index (χ0v) is 17.1. The Morgan fingerprint density at radius 2 is 1.80 bits per heavy atom. The Balaban J connectivity index is 1.37. The third kappa shape index (κ3) is 4.48. The van der Waals surface area contributed by atoms with E-state index in [4.69, 9.17) is 4.74 Å². The van der Waals surface area contributed by atoms with Gasteiger partial charge in [0, 0.05) is 50.7 Å². The molecule has 8 nitrogen and oxygen atoms in total. The summed E-state index contributed by atoms with van der Waals surface area (Å²) in [6, 6.07) is 11.4. The Labute approximate surface area is 175 Å². The van der Waals surface area contributed by atoms with Gasteiger partial charge in [0.1, 0.15) is 17.4 Å². The van der Waals surface area contributed by atoms with Crippen molar-refractivity contribution in [3.05, 3.63) is 66.3 Å². The molecule has 0 unspecified atom stereocenters. The van der Waals surface area contributed by atoms with E-state index >= 15 is 0 Å². The van der Waals surface area contributed by atoms with Crippen LogP contribution in [0.25, 0.3) is 11.9 Å². The third-order valence-corrected chi connectivity index (χ3v) is 5.00. The van der Waals surface area contributed by atoms with Crippen molar-refractivity contribution in [1.82, 2.24) is 24.6 Å². The normalized spacial score (nSPS) is 14.3. The lowest BCUT2D eigenvalue weighted by Gasteiger charge is -2.35. The molecule has 1 fully saturated rings. The summed E-state index contributed by atoms with van der Waals surface area (Å²) in [6.07, 6.45) is 7.04. The lowest BCUT2D eigenvalue weighted by atomic mass is 10.2. The van der Waals surface area contributed by atoms with Crippen molar-refractivity contribution >= 4 is 17.8 Å². The molecule has 0 N–H and O–H groups in total. The SMILES string of the molecule is COc1ccc(/C=C/C(=O)N2CCN(c3cc(-n4cccn4)nc(C)n3)CC2)cc1. The first-order chi connectivity index (χ1) is 14.6. The minimum Gasteiger partial charge on any atom is -0.497 e. The summed E-state index contributed by atoms with van der Waals surface area (Å²) in [5.41, 5.74) is 0.963. The highest BCUT2D eigenvalue weighted by Gasteiger charge is 2.21. The van der Waals surface area contributed by atoms with Gasteiger partial charge in [0.15, 0.2) is 5.82 Å². The number of aromatic nitrogens is 4. The van der Waals surface area contributed by atoms with Crippen LogP contribution in [0.1, 0.15) is 11.4 Å². The Bertz CT molecular complexity index is 1020. The third-order valence-electron chi connectivity index (χ3n) is 5.00. The first kappa shape index (κ1) is 19.6. The summed E-state index contributed by atoms with van der Waals surface area (Å²) < 4.78 is 6.88. The average molecular weight is 404 g/mol. The summed E-state index contributed by atoms with van der Waals surface area (Å²) >= 11 is 0. The Kier molecular flexibility index (Phi) is 5.74. The molecule has 0 aliphatic carbocycles. The molecule has 3 aromatic rings. The molecule has 1 aromatic carbocycles. The first-order valence-electron chi connectivity index (χ1n) is 9.84. The van der Waals surface area contributed by atoms with Gasteiger partial charge in [-0.1, -0.05) is 12.1 Å². The van der Waals surface area contributed by atoms with Gasteiger partial charge in [-0.25, -0.2) is 14.6 Å². The fourth-order valence-electron chi connectivity index (χ4n) is 3.36. The van der Waals surface area contributed by atoms with E-state index in [-0.39, 0.29) is 5.91 Å². The number of piperazine rings is 1. The molecule has 2 aromatic heterocycles. The van der Waals surface area contributed by atoms with E-state index in [9.17, 15) is 4.79 Å². The number of hydrogen-bond donors (Lipinski definition) is 0. The monoisotopic (exact) mass is 404 g/mol. The largest absolute Gasteiger partial charge is 0.497 e. The van der Waals surface area contributed by atoms with Gasteiger partial charge in [-0.3, -0.25) is 4.79 Å². The highest BCUT2D eigenvalue weighted by molar-refractivity contribution is 5.92. The molecule has 3 heterocycles. The van der Waals surface area contributed by atoms with E-state index in [0.29, 0.717) is 18.9 Å². The number of aryl methyl sites for hydroxylation is 1. The van der Waals surface area contributed by atoms with Crippen LogP contribution in [0.4, 0.5) is 5.82 Å². The number of hydrogen-bond acceptors (Lipinski definition) is 6. The maximum Gasteiger partial charge on any atom is 0.246 e. The number of carbonyl (C=O) groups excluding carboxylic acids is 1. The van der Waals surface area contributed by atoms with Crippen LogP contribution >= 0.6 is 0 Å². The standard InChI is InChI=1S/C22H24N6O2/c1-17-24-20(16-21(25-17)28-11-3-10-23-28)26-12-14-27(15-13-26)22(29)9-6-18-4-7-19(30-2)8-5-18/h3-11,16H,12-15H2,1-2H3/b9-6+. The van der Waals surface area contributed by atoms with Gasteiger partial charge < -0.3 is 14.5 Å². The summed E-state index contributed by atoms with van der Waals surface area (Å²) in [5, 5.41) is 4.24. The highest BCUT2D eigenvalue weighted by Crippen LogP contribution is 2.18. The molecular weight excluding hydrogens is 380 g/mol. The van der Waals surface area contributed by atoms with Crippen molar-refractivity contribution in [3.8, 4) is 11.6 Å². The molecule has 1 amide bonds. The van der Waals surface area contributed by atoms with E-state index in [2.05, 4.69) is 20.0 Å². The number of ether oxygens (including phenoxy) is 1. The van der Waals surface area contributed by atoms with Crippen LogP contribution in [-0.2, 0) is 4.79 Å². The minimum absolute atomic E-state index is 0.0153. The molecule has 0 radical (unpaired) electrons. The van der Waals surface area contributed by atoms with Gasteiger partial charge >= 0.3 is 0 Å². The average Bonchev–Trinajstić information content (AvgIpc) is 3.33. The van der Waals surface area contributed by atoms with Crippen LogP contribution in [0.15, 0.2) is 54.9 Å². The molecule has 1 aliphatic heterocycles. The zero-order chi connectivity index (χ0) is 20.9. The number of nitrogens with zero attached hydrogens (tertiary/aromatic N) is 6. The molecule has 1 aliphatic rings. The highest BCUT2D eigenvalue weighted by atomic mass is 16.5. The molecular formula is C22H24N6O2. The van der Waals surface area contributed by atoms with Gasteiger partial charge in [0.05, 0.1) is 7.11 Å². The van der Waals surface area contributed by atoms with Crippen molar-refractivity contribution in [3.63, 3.8) is 0 Å². The van der Waals surface area contributed by atoms with Crippen molar-refractivity contribution in [2.24, 2.45) is 0 Å². The Morgan fingerprint density at radius 3 is 2.47 bits per heavy atom. The number of carbonyl (C=O) groups is 1. The summed E-state index contributed by atoms with van der Waals surface area (Å²) in [4.78, 5) is 25.6. The van der Waals surface area contributed by atoms with Crippen LogP contribution in [0, 0.1) is 6.92 Å². The summed E-state index contributed by atoms with van der Waals surface area (Å²) in [5.74, 6) is 3.10. The molecule has 154 valence electrons. The zero-order valence-electron chi connectivity index (χ0n) is 17.1. The van der Waals surface area contributed by atoms with Crippen molar-refractivity contribution in [1.29, 1.82) is 0 Å². The summed E-state index contributed by atoms with van der Waals surface area (Å²) in [6.45, 7) is 4.60. The van der Waals surface area contributed by atoms with Crippen LogP contribution in [0.5, 0.6) is 5.75 Å². The first-order valence-corrected chi connectivity index (χ1v) is 9.84. The lowest BCUT2D eigenvalue weighted by Crippen LogP contribution is -2.48. The second-order valence-corrected chi connectivity index (χ2v) is 7.00. The van der Waals surface area contributed by atoms with Gasteiger partial charge in [0.25, 0.3) is 0 Å². The Morgan fingerprint density at radius 1 is 1.07 bits per heavy atom. The number of rotatable bonds is 5. The number of amides is 1. The second-order valence-electron chi connectivity index (χ2n) is 7.00. The Hall–Kier alpha value is -3.68. The second kappa shape index (κ2) is 8.77. The molecule has 0 saturated carbocycles. The maximum atomic E-state index is 12.6. The van der Waals surface area contributed by atoms with E-state index in [1.807, 2.05) is 60.5 Å². The topological polar surface area (TPSA) is 76.4 Å². The maximum absolute atomic E-state index is 12.6. The van der Waals surface area contributed by atoms with Crippen LogP contribution in [0.3, 0.4) is 0 Å². The molecule has 4 rings (SSSR count). The van der Waals surface area contributed by atoms with Gasteiger partial charge in [-0.05, 0) is 36.8 Å².